The summed E-state index contributed by atoms with van der Waals surface area (Å²) in [5.41, 5.74) is 2.20. The maximum atomic E-state index is 12.0. The van der Waals surface area contributed by atoms with E-state index in [2.05, 4.69) is 9.97 Å². The molecular weight excluding hydrogens is 252 g/mol. The van der Waals surface area contributed by atoms with Crippen molar-refractivity contribution in [3.05, 3.63) is 54.6 Å². The Morgan fingerprint density at radius 3 is 2.90 bits per heavy atom. The zero-order valence-corrected chi connectivity index (χ0v) is 11.1. The standard InChI is InChI=1S/C16H14N2O2/c1-2-20-16(19)15-13(7-8-18-15)14-10-17-9-11-5-3-4-6-12(11)14/h3-10,18H,2H2,1H3. The van der Waals surface area contributed by atoms with Crippen molar-refractivity contribution in [2.45, 2.75) is 6.92 Å². The van der Waals surface area contributed by atoms with Crippen LogP contribution in [0.1, 0.15) is 17.4 Å². The lowest BCUT2D eigenvalue weighted by atomic mass is 10.0. The average Bonchev–Trinajstić information content (AvgIpc) is 2.96. The van der Waals surface area contributed by atoms with E-state index < -0.39 is 0 Å². The van der Waals surface area contributed by atoms with E-state index in [1.54, 1.807) is 19.3 Å². The second kappa shape index (κ2) is 5.17. The Bertz CT molecular complexity index is 757. The van der Waals surface area contributed by atoms with Crippen LogP contribution in [0, 0.1) is 0 Å². The zero-order chi connectivity index (χ0) is 13.9. The fourth-order valence-corrected chi connectivity index (χ4v) is 2.30. The number of benzene rings is 1. The van der Waals surface area contributed by atoms with Crippen molar-refractivity contribution < 1.29 is 9.53 Å². The summed E-state index contributed by atoms with van der Waals surface area (Å²) < 4.78 is 5.07. The average molecular weight is 266 g/mol. The first-order chi connectivity index (χ1) is 9.81. The highest BCUT2D eigenvalue weighted by Crippen LogP contribution is 2.30. The Hall–Kier alpha value is -2.62. The van der Waals surface area contributed by atoms with Gasteiger partial charge in [0.15, 0.2) is 0 Å². The Kier molecular flexibility index (Phi) is 3.21. The SMILES string of the molecule is CCOC(=O)c1[nH]ccc1-c1cncc2ccccc12. The lowest BCUT2D eigenvalue weighted by Gasteiger charge is -2.07. The molecule has 0 aliphatic rings. The van der Waals surface area contributed by atoms with Crippen molar-refractivity contribution in [1.82, 2.24) is 9.97 Å². The van der Waals surface area contributed by atoms with Gasteiger partial charge in [-0.1, -0.05) is 24.3 Å². The lowest BCUT2D eigenvalue weighted by Crippen LogP contribution is -2.06. The van der Waals surface area contributed by atoms with Crippen LogP contribution in [-0.2, 0) is 4.74 Å². The zero-order valence-electron chi connectivity index (χ0n) is 11.1. The number of nitrogens with zero attached hydrogens (tertiary/aromatic N) is 1. The van der Waals surface area contributed by atoms with Crippen molar-refractivity contribution in [2.75, 3.05) is 6.61 Å². The van der Waals surface area contributed by atoms with Crippen LogP contribution in [0.4, 0.5) is 0 Å². The first-order valence-corrected chi connectivity index (χ1v) is 6.49. The van der Waals surface area contributed by atoms with E-state index >= 15 is 0 Å². The van der Waals surface area contributed by atoms with Gasteiger partial charge in [-0.3, -0.25) is 4.98 Å². The van der Waals surface area contributed by atoms with Gasteiger partial charge in [-0.15, -0.1) is 0 Å². The highest BCUT2D eigenvalue weighted by molar-refractivity contribution is 6.02. The number of aromatic nitrogens is 2. The number of esters is 1. The maximum Gasteiger partial charge on any atom is 0.355 e. The van der Waals surface area contributed by atoms with Gasteiger partial charge in [-0.05, 0) is 18.4 Å². The second-order valence-electron chi connectivity index (χ2n) is 4.40. The molecule has 100 valence electrons. The number of nitrogens with one attached hydrogen (secondary N) is 1. The van der Waals surface area contributed by atoms with Crippen molar-refractivity contribution >= 4 is 16.7 Å². The molecule has 0 saturated carbocycles. The van der Waals surface area contributed by atoms with Gasteiger partial charge in [-0.25, -0.2) is 4.79 Å². The number of aromatic amines is 1. The normalized spacial score (nSPS) is 10.7. The van der Waals surface area contributed by atoms with Gasteiger partial charge in [-0.2, -0.15) is 0 Å². The molecule has 0 radical (unpaired) electrons. The van der Waals surface area contributed by atoms with E-state index in [-0.39, 0.29) is 5.97 Å². The largest absolute Gasteiger partial charge is 0.461 e. The van der Waals surface area contributed by atoms with Crippen LogP contribution in [-0.4, -0.2) is 22.5 Å². The third kappa shape index (κ3) is 2.05. The molecule has 20 heavy (non-hydrogen) atoms. The molecule has 0 saturated heterocycles. The molecule has 0 spiro atoms. The molecule has 0 aliphatic carbocycles. The van der Waals surface area contributed by atoms with Crippen LogP contribution < -0.4 is 0 Å². The summed E-state index contributed by atoms with van der Waals surface area (Å²) in [6.45, 7) is 2.14. The topological polar surface area (TPSA) is 55.0 Å². The first-order valence-electron chi connectivity index (χ1n) is 6.49. The van der Waals surface area contributed by atoms with Crippen LogP contribution in [0.2, 0.25) is 0 Å². The molecule has 1 N–H and O–H groups in total. The number of H-pyrrole nitrogens is 1. The molecule has 0 bridgehead atoms. The number of pyridine rings is 1. The highest BCUT2D eigenvalue weighted by Gasteiger charge is 2.16. The molecule has 0 amide bonds. The summed E-state index contributed by atoms with van der Waals surface area (Å²) in [6.07, 6.45) is 5.33. The number of fused-ring (bicyclic) bond motifs is 1. The molecule has 0 atom stereocenters. The van der Waals surface area contributed by atoms with Gasteiger partial charge >= 0.3 is 5.97 Å². The van der Waals surface area contributed by atoms with Gasteiger partial charge in [0.2, 0.25) is 0 Å². The summed E-state index contributed by atoms with van der Waals surface area (Å²) in [5, 5.41) is 2.11. The fourth-order valence-electron chi connectivity index (χ4n) is 2.30. The Balaban J connectivity index is 2.17. The minimum Gasteiger partial charge on any atom is -0.461 e. The quantitative estimate of drug-likeness (QED) is 0.739. The van der Waals surface area contributed by atoms with Gasteiger partial charge in [0.25, 0.3) is 0 Å². The number of carbonyl (C=O) groups is 1. The third-order valence-corrected chi connectivity index (χ3v) is 3.18. The van der Waals surface area contributed by atoms with E-state index in [1.807, 2.05) is 36.5 Å². The molecule has 0 aliphatic heterocycles. The fraction of sp³-hybridized carbons (Fsp3) is 0.125. The molecule has 1 aromatic carbocycles. The Morgan fingerprint density at radius 2 is 2.05 bits per heavy atom. The molecule has 4 heteroatoms. The van der Waals surface area contributed by atoms with Gasteiger partial charge in [0.1, 0.15) is 5.69 Å². The predicted molar refractivity (Wildman–Crippen MR) is 77.5 cm³/mol. The minimum absolute atomic E-state index is 0.347. The smallest absolute Gasteiger partial charge is 0.355 e. The van der Waals surface area contributed by atoms with Crippen LogP contribution in [0.3, 0.4) is 0 Å². The summed E-state index contributed by atoms with van der Waals surface area (Å²) in [5.74, 6) is -0.347. The van der Waals surface area contributed by atoms with Crippen molar-refractivity contribution in [1.29, 1.82) is 0 Å². The van der Waals surface area contributed by atoms with E-state index in [9.17, 15) is 4.79 Å². The molecule has 3 aromatic rings. The van der Waals surface area contributed by atoms with Crippen LogP contribution in [0.5, 0.6) is 0 Å². The van der Waals surface area contributed by atoms with Crippen molar-refractivity contribution in [3.63, 3.8) is 0 Å². The number of hydrogen-bond donors (Lipinski definition) is 1. The van der Waals surface area contributed by atoms with Gasteiger partial charge < -0.3 is 9.72 Å². The van der Waals surface area contributed by atoms with Crippen LogP contribution in [0.15, 0.2) is 48.9 Å². The molecule has 3 rings (SSSR count). The molecular formula is C16H14N2O2. The lowest BCUT2D eigenvalue weighted by molar-refractivity contribution is 0.0521. The highest BCUT2D eigenvalue weighted by atomic mass is 16.5. The molecule has 4 nitrogen and oxygen atoms in total. The van der Waals surface area contributed by atoms with Gasteiger partial charge in [0.05, 0.1) is 6.61 Å². The van der Waals surface area contributed by atoms with Crippen LogP contribution >= 0.6 is 0 Å². The predicted octanol–water partition coefficient (Wildman–Crippen LogP) is 3.41. The number of rotatable bonds is 3. The number of carbonyl (C=O) groups excluding carboxylic acids is 1. The molecule has 2 heterocycles. The Labute approximate surface area is 116 Å². The monoisotopic (exact) mass is 266 g/mol. The van der Waals surface area contributed by atoms with Crippen molar-refractivity contribution in [3.8, 4) is 11.1 Å². The van der Waals surface area contributed by atoms with E-state index in [0.29, 0.717) is 12.3 Å². The first kappa shape index (κ1) is 12.4. The molecule has 0 fully saturated rings. The minimum atomic E-state index is -0.347. The third-order valence-electron chi connectivity index (χ3n) is 3.18. The summed E-state index contributed by atoms with van der Waals surface area (Å²) in [6, 6.07) is 9.84. The summed E-state index contributed by atoms with van der Waals surface area (Å²) >= 11 is 0. The summed E-state index contributed by atoms with van der Waals surface area (Å²) in [4.78, 5) is 19.2. The summed E-state index contributed by atoms with van der Waals surface area (Å²) in [7, 11) is 0. The molecule has 2 aromatic heterocycles. The van der Waals surface area contributed by atoms with E-state index in [1.165, 1.54) is 0 Å². The van der Waals surface area contributed by atoms with E-state index in [0.717, 1.165) is 21.9 Å². The Morgan fingerprint density at radius 1 is 1.20 bits per heavy atom. The van der Waals surface area contributed by atoms with Gasteiger partial charge in [0, 0.05) is 35.1 Å². The van der Waals surface area contributed by atoms with E-state index in [4.69, 9.17) is 4.74 Å². The number of hydrogen-bond acceptors (Lipinski definition) is 3. The molecule has 0 unspecified atom stereocenters. The maximum absolute atomic E-state index is 12.0. The second-order valence-corrected chi connectivity index (χ2v) is 4.40. The number of ether oxygens (including phenoxy) is 1. The van der Waals surface area contributed by atoms with Crippen LogP contribution in [0.25, 0.3) is 21.9 Å². The van der Waals surface area contributed by atoms with Crippen molar-refractivity contribution in [2.24, 2.45) is 0 Å².